The molecular formula is C31H30F3N5O6S. The van der Waals surface area contributed by atoms with E-state index in [-0.39, 0.29) is 48.1 Å². The number of carbonyl (C=O) groups excluding carboxylic acids is 1. The number of nitrogens with one attached hydrogen (secondary N) is 1. The number of aromatic nitrogens is 2. The maximum Gasteiger partial charge on any atom is 0.416 e. The molecule has 1 aromatic heterocycles. The van der Waals surface area contributed by atoms with Crippen LogP contribution in [0.4, 0.5) is 18.9 Å². The first-order valence-electron chi connectivity index (χ1n) is 14.3. The van der Waals surface area contributed by atoms with Crippen LogP contribution in [0.15, 0.2) is 65.6 Å². The summed E-state index contributed by atoms with van der Waals surface area (Å²) in [6, 6.07) is 13.2. The number of aryl methyl sites for hydroxylation is 1. The molecule has 3 aromatic carbocycles. The van der Waals surface area contributed by atoms with Crippen molar-refractivity contribution in [2.45, 2.75) is 51.2 Å². The molecule has 0 radical (unpaired) electrons. The van der Waals surface area contributed by atoms with Crippen LogP contribution in [0.2, 0.25) is 0 Å². The number of rotatable bonds is 9. The molecule has 1 N–H and O–H groups in total. The lowest BCUT2D eigenvalue weighted by Gasteiger charge is -2.19. The highest BCUT2D eigenvalue weighted by Crippen LogP contribution is 2.38. The molecule has 1 fully saturated rings. The van der Waals surface area contributed by atoms with Gasteiger partial charge in [0, 0.05) is 37.3 Å². The van der Waals surface area contributed by atoms with E-state index in [1.165, 1.54) is 34.1 Å². The molecule has 0 spiro atoms. The number of hydrogen-bond acceptors (Lipinski definition) is 7. The summed E-state index contributed by atoms with van der Waals surface area (Å²) in [4.78, 5) is 23.9. The van der Waals surface area contributed by atoms with E-state index in [4.69, 9.17) is 4.74 Å². The Balaban J connectivity index is 1.58. The first-order valence-corrected chi connectivity index (χ1v) is 15.7. The van der Waals surface area contributed by atoms with Gasteiger partial charge in [0.05, 0.1) is 16.2 Å². The van der Waals surface area contributed by atoms with E-state index >= 15 is 0 Å². The van der Waals surface area contributed by atoms with Crippen molar-refractivity contribution < 1.29 is 36.0 Å². The number of amides is 1. The number of carbonyl (C=O) groups is 1. The Kier molecular flexibility index (Phi) is 8.91. The number of alkyl halides is 3. The van der Waals surface area contributed by atoms with Gasteiger partial charge in [-0.3, -0.25) is 14.9 Å². The summed E-state index contributed by atoms with van der Waals surface area (Å²) in [6.45, 7) is 5.50. The first-order chi connectivity index (χ1) is 21.7. The molecule has 46 heavy (non-hydrogen) atoms. The minimum absolute atomic E-state index is 0.0235. The largest absolute Gasteiger partial charge is 0.437 e. The quantitative estimate of drug-likeness (QED) is 0.166. The van der Waals surface area contributed by atoms with Crippen molar-refractivity contribution >= 4 is 21.6 Å². The van der Waals surface area contributed by atoms with Gasteiger partial charge in [-0.25, -0.2) is 8.42 Å². The molecule has 1 saturated heterocycles. The number of non-ortho nitro benzene ring substituents is 1. The van der Waals surface area contributed by atoms with Crippen LogP contribution in [-0.4, -0.2) is 46.4 Å². The highest BCUT2D eigenvalue weighted by molar-refractivity contribution is 7.89. The Morgan fingerprint density at radius 2 is 1.72 bits per heavy atom. The number of nitro groups is 1. The van der Waals surface area contributed by atoms with Gasteiger partial charge in [-0.2, -0.15) is 27.3 Å². The Morgan fingerprint density at radius 3 is 2.39 bits per heavy atom. The molecule has 0 unspecified atom stereocenters. The number of nitrogens with zero attached hydrogens (tertiary/aromatic N) is 4. The van der Waals surface area contributed by atoms with Gasteiger partial charge in [0.25, 0.3) is 11.6 Å². The van der Waals surface area contributed by atoms with Gasteiger partial charge in [-0.1, -0.05) is 24.3 Å². The SMILES string of the molecule is Cc1cccc(-n2nc(C(=O)NCc3cccc(C(F)(F)F)c3)c(C)c2Oc2ccc([N+](=O)[O-])cc2S(=O)(=O)N2CCCC2)c1C. The fraction of sp³-hybridized carbons (Fsp3) is 0.290. The van der Waals surface area contributed by atoms with Crippen molar-refractivity contribution in [2.24, 2.45) is 0 Å². The van der Waals surface area contributed by atoms with E-state index in [0.717, 1.165) is 35.4 Å². The maximum atomic E-state index is 13.6. The number of hydrogen-bond donors (Lipinski definition) is 1. The molecule has 15 heteroatoms. The molecule has 0 bridgehead atoms. The molecule has 1 aliphatic heterocycles. The van der Waals surface area contributed by atoms with Gasteiger partial charge in [-0.15, -0.1) is 0 Å². The Hall–Kier alpha value is -4.76. The zero-order valence-corrected chi connectivity index (χ0v) is 25.9. The fourth-order valence-corrected chi connectivity index (χ4v) is 6.79. The summed E-state index contributed by atoms with van der Waals surface area (Å²) >= 11 is 0. The predicted octanol–water partition coefficient (Wildman–Crippen LogP) is 6.23. The minimum Gasteiger partial charge on any atom is -0.437 e. The molecule has 4 aromatic rings. The van der Waals surface area contributed by atoms with Crippen molar-refractivity contribution in [3.63, 3.8) is 0 Å². The maximum absolute atomic E-state index is 13.6. The molecule has 1 amide bonds. The van der Waals surface area contributed by atoms with Crippen LogP contribution in [0.3, 0.4) is 0 Å². The standard InChI is InChI=1S/C31H30F3N5O6S/c1-19-8-6-11-25(20(19)2)38-30(21(3)28(36-38)29(40)35-18-22-9-7-10-23(16-22)31(32,33)34)45-26-13-12-24(39(41)42)17-27(26)46(43,44)37-14-4-5-15-37/h6-13,16-17H,4-5,14-15,18H2,1-3H3,(H,35,40). The third kappa shape index (κ3) is 6.46. The van der Waals surface area contributed by atoms with E-state index in [9.17, 15) is 36.5 Å². The van der Waals surface area contributed by atoms with Crippen LogP contribution in [0.1, 0.15) is 51.1 Å². The molecule has 0 saturated carbocycles. The van der Waals surface area contributed by atoms with E-state index < -0.39 is 43.2 Å². The zero-order chi connectivity index (χ0) is 33.4. The van der Waals surface area contributed by atoms with Crippen LogP contribution in [-0.2, 0) is 22.7 Å². The summed E-state index contributed by atoms with van der Waals surface area (Å²) in [5.74, 6) is -0.940. The lowest BCUT2D eigenvalue weighted by Crippen LogP contribution is -2.28. The molecule has 0 aliphatic carbocycles. The number of benzene rings is 3. The highest BCUT2D eigenvalue weighted by atomic mass is 32.2. The van der Waals surface area contributed by atoms with Crippen LogP contribution in [0, 0.1) is 30.9 Å². The Morgan fingerprint density at radius 1 is 1.02 bits per heavy atom. The first kappa shape index (κ1) is 32.6. The summed E-state index contributed by atoms with van der Waals surface area (Å²) in [5, 5.41) is 18.7. The fourth-order valence-electron chi connectivity index (χ4n) is 5.14. The number of halogens is 3. The average Bonchev–Trinajstić information content (AvgIpc) is 3.67. The Bertz CT molecular complexity index is 1940. The normalized spacial score (nSPS) is 14.0. The van der Waals surface area contributed by atoms with Crippen molar-refractivity contribution in [1.82, 2.24) is 19.4 Å². The lowest BCUT2D eigenvalue weighted by molar-refractivity contribution is -0.385. The number of ether oxygens (including phenoxy) is 1. The highest BCUT2D eigenvalue weighted by Gasteiger charge is 2.34. The van der Waals surface area contributed by atoms with Crippen molar-refractivity contribution in [1.29, 1.82) is 0 Å². The van der Waals surface area contributed by atoms with Crippen LogP contribution in [0.5, 0.6) is 11.6 Å². The van der Waals surface area contributed by atoms with Gasteiger partial charge < -0.3 is 10.1 Å². The second-order valence-electron chi connectivity index (χ2n) is 10.9. The van der Waals surface area contributed by atoms with Gasteiger partial charge in [0.15, 0.2) is 5.69 Å². The average molecular weight is 658 g/mol. The van der Waals surface area contributed by atoms with E-state index in [1.807, 2.05) is 19.9 Å². The molecule has 2 heterocycles. The van der Waals surface area contributed by atoms with Gasteiger partial charge >= 0.3 is 6.18 Å². The van der Waals surface area contributed by atoms with Crippen molar-refractivity contribution in [3.8, 4) is 17.3 Å². The lowest BCUT2D eigenvalue weighted by atomic mass is 10.1. The van der Waals surface area contributed by atoms with Gasteiger partial charge in [0.1, 0.15) is 10.6 Å². The van der Waals surface area contributed by atoms with Crippen molar-refractivity contribution in [2.75, 3.05) is 13.1 Å². The van der Waals surface area contributed by atoms with E-state index in [2.05, 4.69) is 10.4 Å². The monoisotopic (exact) mass is 657 g/mol. The molecular weight excluding hydrogens is 627 g/mol. The van der Waals surface area contributed by atoms with Crippen LogP contribution >= 0.6 is 0 Å². The zero-order valence-electron chi connectivity index (χ0n) is 25.1. The third-order valence-electron chi connectivity index (χ3n) is 7.82. The predicted molar refractivity (Wildman–Crippen MR) is 162 cm³/mol. The summed E-state index contributed by atoms with van der Waals surface area (Å²) < 4.78 is 75.7. The third-order valence-corrected chi connectivity index (χ3v) is 9.74. The van der Waals surface area contributed by atoms with Crippen LogP contribution in [0.25, 0.3) is 5.69 Å². The molecule has 11 nitrogen and oxygen atoms in total. The molecule has 5 rings (SSSR count). The topological polar surface area (TPSA) is 137 Å². The van der Waals surface area contributed by atoms with E-state index in [0.29, 0.717) is 18.5 Å². The summed E-state index contributed by atoms with van der Waals surface area (Å²) in [5.41, 5.74) is 1.18. The smallest absolute Gasteiger partial charge is 0.416 e. The summed E-state index contributed by atoms with van der Waals surface area (Å²) in [7, 11) is -4.20. The second kappa shape index (κ2) is 12.6. The van der Waals surface area contributed by atoms with Gasteiger partial charge in [-0.05, 0) is 74.6 Å². The van der Waals surface area contributed by atoms with Gasteiger partial charge in [0.2, 0.25) is 15.9 Å². The Labute approximate surface area is 262 Å². The molecule has 242 valence electrons. The summed E-state index contributed by atoms with van der Waals surface area (Å²) in [6.07, 6.45) is -3.27. The van der Waals surface area contributed by atoms with E-state index in [1.54, 1.807) is 12.1 Å². The minimum atomic E-state index is -4.55. The van der Waals surface area contributed by atoms with Crippen molar-refractivity contribution in [3.05, 3.63) is 104 Å². The molecule has 1 aliphatic rings. The van der Waals surface area contributed by atoms with Crippen LogP contribution < -0.4 is 10.1 Å². The molecule has 0 atom stereocenters. The second-order valence-corrected chi connectivity index (χ2v) is 12.8. The number of sulfonamides is 1. The number of nitro benzene ring substituents is 1.